The Balaban J connectivity index is 2.00. The molecule has 0 saturated carbocycles. The largest absolute Gasteiger partial charge is 0.444 e. The van der Waals surface area contributed by atoms with Gasteiger partial charge in [-0.15, -0.1) is 11.3 Å². The Morgan fingerprint density at radius 1 is 1.50 bits per heavy atom. The highest BCUT2D eigenvalue weighted by molar-refractivity contribution is 9.11. The predicted molar refractivity (Wildman–Crippen MR) is 104 cm³/mol. The van der Waals surface area contributed by atoms with Crippen molar-refractivity contribution in [3.05, 3.63) is 26.0 Å². The molecule has 0 aromatic carbocycles. The number of amides is 1. The fourth-order valence-corrected chi connectivity index (χ4v) is 4.21. The highest BCUT2D eigenvalue weighted by Crippen LogP contribution is 2.32. The number of aromatic amines is 1. The molecular weight excluding hydrogens is 422 g/mol. The van der Waals surface area contributed by atoms with Crippen LogP contribution in [0, 0.1) is 0 Å². The van der Waals surface area contributed by atoms with Gasteiger partial charge in [0.05, 0.1) is 28.1 Å². The molecule has 0 radical (unpaired) electrons. The molecule has 9 heteroatoms. The molecule has 1 atom stereocenters. The summed E-state index contributed by atoms with van der Waals surface area (Å²) in [5, 5.41) is 0. The zero-order valence-corrected chi connectivity index (χ0v) is 17.8. The van der Waals surface area contributed by atoms with Crippen LogP contribution in [0.25, 0.3) is 10.2 Å². The molecular formula is C17H22BrN3O4S. The van der Waals surface area contributed by atoms with Gasteiger partial charge in [0, 0.05) is 0 Å². The number of H-pyrrole nitrogens is 1. The van der Waals surface area contributed by atoms with E-state index < -0.39 is 23.3 Å². The van der Waals surface area contributed by atoms with Crippen molar-refractivity contribution in [2.45, 2.75) is 51.9 Å². The van der Waals surface area contributed by atoms with Gasteiger partial charge in [0.2, 0.25) is 0 Å². The van der Waals surface area contributed by atoms with Crippen molar-refractivity contribution in [1.29, 1.82) is 0 Å². The molecule has 1 saturated heterocycles. The van der Waals surface area contributed by atoms with E-state index in [-0.39, 0.29) is 12.2 Å². The van der Waals surface area contributed by atoms with E-state index in [9.17, 15) is 9.59 Å². The summed E-state index contributed by atoms with van der Waals surface area (Å²) in [6.07, 6.45) is -0.451. The summed E-state index contributed by atoms with van der Waals surface area (Å²) in [5.41, 5.74) is -0.764. The van der Waals surface area contributed by atoms with Gasteiger partial charge < -0.3 is 14.5 Å². The van der Waals surface area contributed by atoms with E-state index in [1.165, 1.54) is 11.3 Å². The summed E-state index contributed by atoms with van der Waals surface area (Å²) in [4.78, 5) is 34.1. The fraction of sp³-hybridized carbons (Fsp3) is 0.588. The minimum absolute atomic E-state index is 0.227. The average molecular weight is 444 g/mol. The van der Waals surface area contributed by atoms with Crippen molar-refractivity contribution in [2.24, 2.45) is 0 Å². The predicted octanol–water partition coefficient (Wildman–Crippen LogP) is 3.83. The van der Waals surface area contributed by atoms with Crippen LogP contribution < -0.4 is 5.56 Å². The van der Waals surface area contributed by atoms with Crippen LogP contribution in [0.5, 0.6) is 0 Å². The van der Waals surface area contributed by atoms with Crippen LogP contribution in [0.3, 0.4) is 0 Å². The van der Waals surface area contributed by atoms with Crippen molar-refractivity contribution < 1.29 is 14.3 Å². The van der Waals surface area contributed by atoms with Crippen LogP contribution in [0.1, 0.15) is 46.5 Å². The third-order valence-electron chi connectivity index (χ3n) is 3.87. The van der Waals surface area contributed by atoms with Crippen molar-refractivity contribution in [1.82, 2.24) is 14.9 Å². The number of ether oxygens (including phenoxy) is 2. The van der Waals surface area contributed by atoms with Gasteiger partial charge in [-0.1, -0.05) is 0 Å². The number of thiophene rings is 1. The van der Waals surface area contributed by atoms with Crippen LogP contribution >= 0.6 is 27.3 Å². The summed E-state index contributed by atoms with van der Waals surface area (Å²) < 4.78 is 12.8. The topological polar surface area (TPSA) is 84.5 Å². The fourth-order valence-electron chi connectivity index (χ4n) is 2.79. The lowest BCUT2D eigenvalue weighted by Gasteiger charge is -2.43. The van der Waals surface area contributed by atoms with Gasteiger partial charge in [-0.2, -0.15) is 0 Å². The number of aromatic nitrogens is 2. The summed E-state index contributed by atoms with van der Waals surface area (Å²) in [6.45, 7) is 9.85. The number of morpholine rings is 1. The Labute approximate surface area is 163 Å². The number of halogens is 1. The number of carbonyl (C=O) groups excluding carboxylic acids is 1. The molecule has 7 nitrogen and oxygen atoms in total. The summed E-state index contributed by atoms with van der Waals surface area (Å²) in [5.74, 6) is 0.397. The maximum absolute atomic E-state index is 12.8. The minimum Gasteiger partial charge on any atom is -0.444 e. The number of nitrogens with zero attached hydrogens (tertiary/aromatic N) is 2. The van der Waals surface area contributed by atoms with Crippen LogP contribution in [0.4, 0.5) is 4.79 Å². The lowest BCUT2D eigenvalue weighted by atomic mass is 10.0. The van der Waals surface area contributed by atoms with Gasteiger partial charge in [0.15, 0.2) is 0 Å². The first-order valence-corrected chi connectivity index (χ1v) is 9.89. The molecule has 1 N–H and O–H groups in total. The first-order valence-electron chi connectivity index (χ1n) is 8.28. The molecule has 1 aliphatic heterocycles. The molecule has 1 unspecified atom stereocenters. The van der Waals surface area contributed by atoms with Crippen molar-refractivity contribution in [2.75, 3.05) is 13.2 Å². The second kappa shape index (κ2) is 6.61. The van der Waals surface area contributed by atoms with E-state index in [1.54, 1.807) is 11.0 Å². The third-order valence-corrected chi connectivity index (χ3v) is 5.50. The third kappa shape index (κ3) is 4.10. The Bertz CT molecular complexity index is 900. The van der Waals surface area contributed by atoms with E-state index in [1.807, 2.05) is 34.6 Å². The summed E-state index contributed by atoms with van der Waals surface area (Å²) in [6, 6.07) is 1.28. The monoisotopic (exact) mass is 443 g/mol. The Hall–Kier alpha value is -1.45. The SMILES string of the molecule is CC(C)(C)OC(=O)N1CC(C)(C)OCC1c1nc2cc(Br)sc2c(=O)[nH]1. The maximum atomic E-state index is 12.8. The van der Waals surface area contributed by atoms with E-state index in [4.69, 9.17) is 9.47 Å². The zero-order valence-electron chi connectivity index (χ0n) is 15.4. The van der Waals surface area contributed by atoms with Crippen molar-refractivity contribution in [3.8, 4) is 0 Å². The number of nitrogens with one attached hydrogen (secondary N) is 1. The molecule has 0 spiro atoms. The second-order valence-corrected chi connectivity index (χ2v) is 10.3. The molecule has 3 heterocycles. The summed E-state index contributed by atoms with van der Waals surface area (Å²) in [7, 11) is 0. The first kappa shape index (κ1) is 19.3. The van der Waals surface area contributed by atoms with Gasteiger partial charge >= 0.3 is 6.09 Å². The zero-order chi connectivity index (χ0) is 19.3. The van der Waals surface area contributed by atoms with E-state index >= 15 is 0 Å². The minimum atomic E-state index is -0.618. The van der Waals surface area contributed by atoms with Gasteiger partial charge in [-0.3, -0.25) is 9.69 Å². The standard InChI is InChI=1S/C17H22BrN3O4S/c1-16(2,3)25-15(23)21-8-17(4,5)24-7-10(21)13-19-9-6-11(18)26-12(9)14(22)20-13/h6,10H,7-8H2,1-5H3,(H,19,20,22). The Kier molecular flexibility index (Phi) is 4.91. The van der Waals surface area contributed by atoms with Crippen LogP contribution in [-0.4, -0.2) is 45.3 Å². The number of rotatable bonds is 1. The lowest BCUT2D eigenvalue weighted by Crippen LogP contribution is -2.53. The van der Waals surface area contributed by atoms with Gasteiger partial charge in [-0.05, 0) is 56.6 Å². The number of fused-ring (bicyclic) bond motifs is 1. The smallest absolute Gasteiger partial charge is 0.411 e. The highest BCUT2D eigenvalue weighted by atomic mass is 79.9. The molecule has 1 fully saturated rings. The van der Waals surface area contributed by atoms with Crippen molar-refractivity contribution in [3.63, 3.8) is 0 Å². The summed E-state index contributed by atoms with van der Waals surface area (Å²) >= 11 is 4.70. The van der Waals surface area contributed by atoms with Gasteiger partial charge in [0.1, 0.15) is 22.2 Å². The van der Waals surface area contributed by atoms with Crippen LogP contribution in [0.15, 0.2) is 14.6 Å². The van der Waals surface area contributed by atoms with E-state index in [0.717, 1.165) is 3.79 Å². The van der Waals surface area contributed by atoms with E-state index in [0.29, 0.717) is 22.6 Å². The lowest BCUT2D eigenvalue weighted by molar-refractivity contribution is -0.116. The van der Waals surface area contributed by atoms with Crippen LogP contribution in [-0.2, 0) is 9.47 Å². The van der Waals surface area contributed by atoms with Gasteiger partial charge in [0.25, 0.3) is 5.56 Å². The number of hydrogen-bond acceptors (Lipinski definition) is 6. The molecule has 2 aromatic heterocycles. The molecule has 1 aliphatic rings. The normalized spacial score (nSPS) is 20.4. The maximum Gasteiger partial charge on any atom is 0.411 e. The molecule has 0 bridgehead atoms. The Morgan fingerprint density at radius 2 is 2.19 bits per heavy atom. The molecule has 0 aliphatic carbocycles. The van der Waals surface area contributed by atoms with E-state index in [2.05, 4.69) is 25.9 Å². The Morgan fingerprint density at radius 3 is 2.85 bits per heavy atom. The molecule has 3 rings (SSSR count). The van der Waals surface area contributed by atoms with Crippen LogP contribution in [0.2, 0.25) is 0 Å². The average Bonchev–Trinajstić information content (AvgIpc) is 2.85. The molecule has 1 amide bonds. The van der Waals surface area contributed by atoms with Gasteiger partial charge in [-0.25, -0.2) is 9.78 Å². The molecule has 2 aromatic rings. The van der Waals surface area contributed by atoms with Crippen molar-refractivity contribution >= 4 is 43.6 Å². The second-order valence-electron chi connectivity index (χ2n) is 7.91. The first-order chi connectivity index (χ1) is 12.0. The highest BCUT2D eigenvalue weighted by Gasteiger charge is 2.40. The quantitative estimate of drug-likeness (QED) is 0.723. The number of hydrogen-bond donors (Lipinski definition) is 1. The molecule has 142 valence electrons. The molecule has 26 heavy (non-hydrogen) atoms. The number of carbonyl (C=O) groups is 1.